The van der Waals surface area contributed by atoms with E-state index in [1.807, 2.05) is 19.1 Å². The summed E-state index contributed by atoms with van der Waals surface area (Å²) in [6.45, 7) is 8.97. The van der Waals surface area contributed by atoms with Crippen molar-refractivity contribution in [3.8, 4) is 11.8 Å². The predicted molar refractivity (Wildman–Crippen MR) is 60.8 cm³/mol. The monoisotopic (exact) mass is 203 g/mol. The number of aryl methyl sites for hydroxylation is 1. The molecule has 80 valence electrons. The van der Waals surface area contributed by atoms with E-state index in [9.17, 15) is 0 Å². The second kappa shape index (κ2) is 4.35. The minimum Gasteiger partial charge on any atom is -0.493 e. The summed E-state index contributed by atoms with van der Waals surface area (Å²) in [4.78, 5) is 0. The third-order valence-electron chi connectivity index (χ3n) is 1.85. The molecule has 2 heteroatoms. The molecule has 0 N–H and O–H groups in total. The summed E-state index contributed by atoms with van der Waals surface area (Å²) in [6, 6.07) is 7.70. The summed E-state index contributed by atoms with van der Waals surface area (Å²) in [5, 5.41) is 8.81. The van der Waals surface area contributed by atoms with E-state index in [0.29, 0.717) is 12.2 Å². The van der Waals surface area contributed by atoms with Gasteiger partial charge in [-0.15, -0.1) is 0 Å². The van der Waals surface area contributed by atoms with E-state index in [2.05, 4.69) is 26.8 Å². The van der Waals surface area contributed by atoms with Crippen molar-refractivity contribution in [3.63, 3.8) is 0 Å². The number of ether oxygens (including phenoxy) is 1. The van der Waals surface area contributed by atoms with Crippen LogP contribution in [-0.2, 0) is 0 Å². The lowest BCUT2D eigenvalue weighted by molar-refractivity contribution is 0.198. The van der Waals surface area contributed by atoms with Crippen LogP contribution < -0.4 is 4.74 Å². The first-order valence-electron chi connectivity index (χ1n) is 5.05. The Kier molecular flexibility index (Phi) is 3.36. The van der Waals surface area contributed by atoms with Gasteiger partial charge < -0.3 is 4.74 Å². The number of rotatable bonds is 2. The van der Waals surface area contributed by atoms with Crippen LogP contribution in [0.15, 0.2) is 18.2 Å². The molecule has 0 saturated carbocycles. The third-order valence-corrected chi connectivity index (χ3v) is 1.85. The van der Waals surface area contributed by atoms with Gasteiger partial charge in [-0.2, -0.15) is 5.26 Å². The van der Waals surface area contributed by atoms with Gasteiger partial charge in [0.15, 0.2) is 0 Å². The van der Waals surface area contributed by atoms with Gasteiger partial charge in [0.2, 0.25) is 0 Å². The highest BCUT2D eigenvalue weighted by Crippen LogP contribution is 2.20. The summed E-state index contributed by atoms with van der Waals surface area (Å²) in [7, 11) is 0. The molecule has 15 heavy (non-hydrogen) atoms. The molecule has 0 spiro atoms. The van der Waals surface area contributed by atoms with E-state index in [4.69, 9.17) is 10.00 Å². The number of nitrogens with zero attached hydrogens (tertiary/aromatic N) is 1. The number of hydrogen-bond donors (Lipinski definition) is 0. The Hall–Kier alpha value is -1.49. The van der Waals surface area contributed by atoms with Gasteiger partial charge in [-0.05, 0) is 36.1 Å². The van der Waals surface area contributed by atoms with Crippen molar-refractivity contribution >= 4 is 0 Å². The molecule has 0 fully saturated rings. The van der Waals surface area contributed by atoms with Crippen LogP contribution in [0.25, 0.3) is 0 Å². The first-order chi connectivity index (χ1) is 6.90. The molecule has 1 aromatic carbocycles. The minimum atomic E-state index is 0.135. The molecule has 0 unspecified atom stereocenters. The van der Waals surface area contributed by atoms with E-state index < -0.39 is 0 Å². The fourth-order valence-electron chi connectivity index (χ4n) is 1.20. The summed E-state index contributed by atoms with van der Waals surface area (Å²) in [6.07, 6.45) is 0. The molecule has 0 aliphatic rings. The van der Waals surface area contributed by atoms with Gasteiger partial charge in [0.1, 0.15) is 5.75 Å². The zero-order chi connectivity index (χ0) is 11.5. The van der Waals surface area contributed by atoms with Crippen LogP contribution in [0.2, 0.25) is 0 Å². The molecular weight excluding hydrogens is 186 g/mol. The smallest absolute Gasteiger partial charge is 0.120 e. The summed E-state index contributed by atoms with van der Waals surface area (Å²) < 4.78 is 5.64. The van der Waals surface area contributed by atoms with E-state index >= 15 is 0 Å². The molecule has 1 aromatic rings. The Morgan fingerprint density at radius 2 is 1.93 bits per heavy atom. The first kappa shape index (κ1) is 11.6. The SMILES string of the molecule is Cc1cc(C#N)cc(OCC(C)(C)C)c1. The van der Waals surface area contributed by atoms with Crippen molar-refractivity contribution < 1.29 is 4.74 Å². The number of nitriles is 1. The van der Waals surface area contributed by atoms with Crippen molar-refractivity contribution in [2.75, 3.05) is 6.61 Å². The van der Waals surface area contributed by atoms with Gasteiger partial charge in [0.25, 0.3) is 0 Å². The lowest BCUT2D eigenvalue weighted by Crippen LogP contribution is -2.16. The average Bonchev–Trinajstić information content (AvgIpc) is 2.13. The maximum Gasteiger partial charge on any atom is 0.120 e. The van der Waals surface area contributed by atoms with Gasteiger partial charge >= 0.3 is 0 Å². The maximum atomic E-state index is 8.81. The van der Waals surface area contributed by atoms with Crippen molar-refractivity contribution in [2.24, 2.45) is 5.41 Å². The molecule has 0 aliphatic heterocycles. The Labute approximate surface area is 91.5 Å². The Morgan fingerprint density at radius 1 is 1.27 bits per heavy atom. The second-order valence-corrected chi connectivity index (χ2v) is 5.00. The average molecular weight is 203 g/mol. The topological polar surface area (TPSA) is 33.0 Å². The van der Waals surface area contributed by atoms with Crippen LogP contribution in [0.4, 0.5) is 0 Å². The van der Waals surface area contributed by atoms with E-state index in [1.165, 1.54) is 0 Å². The molecule has 0 amide bonds. The lowest BCUT2D eigenvalue weighted by Gasteiger charge is -2.19. The van der Waals surface area contributed by atoms with E-state index in [-0.39, 0.29) is 5.41 Å². The van der Waals surface area contributed by atoms with Crippen LogP contribution in [0.5, 0.6) is 5.75 Å². The highest BCUT2D eigenvalue weighted by atomic mass is 16.5. The maximum absolute atomic E-state index is 8.81. The molecule has 1 rings (SSSR count). The van der Waals surface area contributed by atoms with Crippen LogP contribution in [0.3, 0.4) is 0 Å². The van der Waals surface area contributed by atoms with Crippen molar-refractivity contribution in [3.05, 3.63) is 29.3 Å². The highest BCUT2D eigenvalue weighted by molar-refractivity contribution is 5.40. The van der Waals surface area contributed by atoms with Crippen molar-refractivity contribution in [2.45, 2.75) is 27.7 Å². The summed E-state index contributed by atoms with van der Waals surface area (Å²) >= 11 is 0. The fraction of sp³-hybridized carbons (Fsp3) is 0.462. The molecule has 0 bridgehead atoms. The summed E-state index contributed by atoms with van der Waals surface area (Å²) in [5.41, 5.74) is 1.84. The Balaban J connectivity index is 2.78. The van der Waals surface area contributed by atoms with Crippen LogP contribution in [-0.4, -0.2) is 6.61 Å². The molecular formula is C13H17NO. The van der Waals surface area contributed by atoms with Gasteiger partial charge in [-0.3, -0.25) is 0 Å². The molecule has 0 radical (unpaired) electrons. The van der Waals surface area contributed by atoms with Crippen LogP contribution >= 0.6 is 0 Å². The lowest BCUT2D eigenvalue weighted by atomic mass is 9.99. The normalized spacial score (nSPS) is 10.9. The van der Waals surface area contributed by atoms with Gasteiger partial charge in [-0.1, -0.05) is 20.8 Å². The standard InChI is InChI=1S/C13H17NO/c1-10-5-11(8-14)7-12(6-10)15-9-13(2,3)4/h5-7H,9H2,1-4H3. The largest absolute Gasteiger partial charge is 0.493 e. The van der Waals surface area contributed by atoms with E-state index in [1.54, 1.807) is 6.07 Å². The van der Waals surface area contributed by atoms with Crippen LogP contribution in [0, 0.1) is 23.7 Å². The first-order valence-corrected chi connectivity index (χ1v) is 5.05. The molecule has 0 atom stereocenters. The number of benzene rings is 1. The third kappa shape index (κ3) is 4.03. The summed E-state index contributed by atoms with van der Waals surface area (Å²) in [5.74, 6) is 0.779. The quantitative estimate of drug-likeness (QED) is 0.739. The fourth-order valence-corrected chi connectivity index (χ4v) is 1.20. The highest BCUT2D eigenvalue weighted by Gasteiger charge is 2.11. The second-order valence-electron chi connectivity index (χ2n) is 5.00. The molecule has 2 nitrogen and oxygen atoms in total. The van der Waals surface area contributed by atoms with Crippen molar-refractivity contribution in [1.82, 2.24) is 0 Å². The molecule has 0 heterocycles. The van der Waals surface area contributed by atoms with E-state index in [0.717, 1.165) is 11.3 Å². The zero-order valence-corrected chi connectivity index (χ0v) is 9.79. The van der Waals surface area contributed by atoms with Gasteiger partial charge in [-0.25, -0.2) is 0 Å². The predicted octanol–water partition coefficient (Wildman–Crippen LogP) is 3.29. The van der Waals surface area contributed by atoms with Gasteiger partial charge in [0.05, 0.1) is 18.2 Å². The molecule has 0 aliphatic carbocycles. The van der Waals surface area contributed by atoms with Crippen LogP contribution in [0.1, 0.15) is 31.9 Å². The zero-order valence-electron chi connectivity index (χ0n) is 9.79. The van der Waals surface area contributed by atoms with Crippen molar-refractivity contribution in [1.29, 1.82) is 5.26 Å². The molecule has 0 aromatic heterocycles. The Bertz CT molecular complexity index is 383. The van der Waals surface area contributed by atoms with Gasteiger partial charge in [0, 0.05) is 0 Å². The minimum absolute atomic E-state index is 0.135. The molecule has 0 saturated heterocycles. The number of hydrogen-bond acceptors (Lipinski definition) is 2. The Morgan fingerprint density at radius 3 is 2.47 bits per heavy atom.